The maximum atomic E-state index is 11.9. The molecule has 0 radical (unpaired) electrons. The van der Waals surface area contributed by atoms with Crippen molar-refractivity contribution < 1.29 is 4.79 Å². The maximum absolute atomic E-state index is 11.9. The summed E-state index contributed by atoms with van der Waals surface area (Å²) in [6, 6.07) is 0.101. The summed E-state index contributed by atoms with van der Waals surface area (Å²) in [5, 5.41) is 2.94. The fraction of sp³-hybridized carbons (Fsp3) is 0.929. The molecule has 0 aliphatic heterocycles. The van der Waals surface area contributed by atoms with E-state index in [1.165, 1.54) is 38.5 Å². The summed E-state index contributed by atoms with van der Waals surface area (Å²) < 4.78 is -1.85. The number of amides is 1. The smallest absolute Gasteiger partial charge is 0.272 e. The highest BCUT2D eigenvalue weighted by molar-refractivity contribution is 6.76. The Morgan fingerprint density at radius 3 is 1.89 bits per heavy atom. The molecule has 4 aliphatic carbocycles. The highest BCUT2D eigenvalue weighted by Gasteiger charge is 2.53. The van der Waals surface area contributed by atoms with Gasteiger partial charge in [-0.15, -0.1) is 0 Å². The van der Waals surface area contributed by atoms with Gasteiger partial charge in [-0.3, -0.25) is 4.79 Å². The van der Waals surface area contributed by atoms with E-state index in [9.17, 15) is 4.79 Å². The summed E-state index contributed by atoms with van der Waals surface area (Å²) in [6.07, 6.45) is 7.89. The van der Waals surface area contributed by atoms with Gasteiger partial charge < -0.3 is 5.32 Å². The maximum Gasteiger partial charge on any atom is 0.272 e. The molecule has 1 atom stereocenters. The Labute approximate surface area is 129 Å². The molecular weight excluding hydrogens is 305 g/mol. The Kier molecular flexibility index (Phi) is 3.52. The number of nitrogens with one attached hydrogen (secondary N) is 1. The molecule has 1 amide bonds. The Morgan fingerprint density at radius 2 is 1.53 bits per heavy atom. The lowest BCUT2D eigenvalue weighted by Gasteiger charge is -2.59. The first kappa shape index (κ1) is 14.3. The largest absolute Gasteiger partial charge is 0.349 e. The molecule has 4 saturated carbocycles. The third-order valence-electron chi connectivity index (χ3n) is 5.61. The van der Waals surface area contributed by atoms with E-state index in [1.807, 2.05) is 0 Å². The number of carbonyl (C=O) groups is 1. The van der Waals surface area contributed by atoms with Gasteiger partial charge in [-0.25, -0.2) is 0 Å². The minimum atomic E-state index is -1.85. The predicted octanol–water partition coefficient (Wildman–Crippen LogP) is 4.08. The lowest BCUT2D eigenvalue weighted by atomic mass is 9.48. The Hall–Kier alpha value is 0.340. The van der Waals surface area contributed by atoms with Crippen molar-refractivity contribution >= 4 is 40.7 Å². The number of rotatable bonds is 2. The Balaban J connectivity index is 1.73. The van der Waals surface area contributed by atoms with Crippen LogP contribution < -0.4 is 5.32 Å². The Bertz CT molecular complexity index is 355. The van der Waals surface area contributed by atoms with Crippen molar-refractivity contribution in [3.8, 4) is 0 Å². The molecule has 4 aliphatic rings. The van der Waals surface area contributed by atoms with Crippen LogP contribution in [0.4, 0.5) is 0 Å². The fourth-order valence-electron chi connectivity index (χ4n) is 5.14. The molecular formula is C14H20Cl3NO. The molecule has 1 N–H and O–H groups in total. The van der Waals surface area contributed by atoms with Gasteiger partial charge in [0.25, 0.3) is 9.70 Å². The SMILES string of the molecule is CC(NC(=O)C(Cl)(Cl)Cl)C12CC3CC(CC(C3)C1)C2. The third kappa shape index (κ3) is 2.61. The number of hydrogen-bond donors (Lipinski definition) is 1. The van der Waals surface area contributed by atoms with Crippen LogP contribution in [-0.4, -0.2) is 15.7 Å². The van der Waals surface area contributed by atoms with Gasteiger partial charge in [-0.05, 0) is 68.6 Å². The molecule has 4 rings (SSSR count). The summed E-state index contributed by atoms with van der Waals surface area (Å²) >= 11 is 17.0. The van der Waals surface area contributed by atoms with Gasteiger partial charge in [0.05, 0.1) is 0 Å². The highest BCUT2D eigenvalue weighted by atomic mass is 35.6. The van der Waals surface area contributed by atoms with Crippen molar-refractivity contribution in [1.29, 1.82) is 0 Å². The molecule has 19 heavy (non-hydrogen) atoms. The van der Waals surface area contributed by atoms with E-state index < -0.39 is 9.70 Å². The second kappa shape index (κ2) is 4.68. The molecule has 0 aromatic heterocycles. The zero-order valence-electron chi connectivity index (χ0n) is 11.1. The van der Waals surface area contributed by atoms with Crippen molar-refractivity contribution in [2.24, 2.45) is 23.2 Å². The lowest BCUT2D eigenvalue weighted by Crippen LogP contribution is -2.57. The number of carbonyl (C=O) groups excluding carboxylic acids is 1. The average Bonchev–Trinajstić information content (AvgIpc) is 2.25. The molecule has 0 spiro atoms. The van der Waals surface area contributed by atoms with E-state index in [-0.39, 0.29) is 11.5 Å². The van der Waals surface area contributed by atoms with Crippen molar-refractivity contribution in [1.82, 2.24) is 5.32 Å². The zero-order valence-corrected chi connectivity index (χ0v) is 13.4. The second-order valence-corrected chi connectivity index (χ2v) is 9.25. The minimum absolute atomic E-state index is 0.101. The standard InChI is InChI=1S/C14H20Cl3NO/c1-8(18-12(19)14(15,16)17)13-5-9-2-10(6-13)4-11(3-9)7-13/h8-11H,2-7H2,1H3,(H,18,19). The number of hydrogen-bond acceptors (Lipinski definition) is 1. The zero-order chi connectivity index (χ0) is 13.8. The first-order valence-corrected chi connectivity index (χ1v) is 8.29. The van der Waals surface area contributed by atoms with Crippen LogP contribution in [-0.2, 0) is 4.79 Å². The minimum Gasteiger partial charge on any atom is -0.349 e. The van der Waals surface area contributed by atoms with Crippen LogP contribution in [0.2, 0.25) is 0 Å². The van der Waals surface area contributed by atoms with Gasteiger partial charge >= 0.3 is 0 Å². The van der Waals surface area contributed by atoms with Gasteiger partial charge in [0.2, 0.25) is 0 Å². The van der Waals surface area contributed by atoms with E-state index in [4.69, 9.17) is 34.8 Å². The summed E-state index contributed by atoms with van der Waals surface area (Å²) in [5.74, 6) is 2.09. The summed E-state index contributed by atoms with van der Waals surface area (Å²) in [7, 11) is 0. The molecule has 5 heteroatoms. The van der Waals surface area contributed by atoms with Crippen molar-refractivity contribution in [3.05, 3.63) is 0 Å². The van der Waals surface area contributed by atoms with Crippen LogP contribution in [0, 0.1) is 23.2 Å². The normalized spacial score (nSPS) is 42.2. The van der Waals surface area contributed by atoms with Gasteiger partial charge in [0.1, 0.15) is 0 Å². The summed E-state index contributed by atoms with van der Waals surface area (Å²) in [5.41, 5.74) is 0.250. The van der Waals surface area contributed by atoms with E-state index in [0.717, 1.165) is 17.8 Å². The molecule has 0 saturated heterocycles. The monoisotopic (exact) mass is 323 g/mol. The van der Waals surface area contributed by atoms with Crippen LogP contribution in [0.15, 0.2) is 0 Å². The number of alkyl halides is 3. The van der Waals surface area contributed by atoms with Gasteiger partial charge in [-0.2, -0.15) is 0 Å². The topological polar surface area (TPSA) is 29.1 Å². The quantitative estimate of drug-likeness (QED) is 0.762. The van der Waals surface area contributed by atoms with Gasteiger partial charge in [-0.1, -0.05) is 34.8 Å². The molecule has 2 nitrogen and oxygen atoms in total. The van der Waals surface area contributed by atoms with E-state index in [2.05, 4.69) is 12.2 Å². The molecule has 108 valence electrons. The molecule has 0 aromatic rings. The van der Waals surface area contributed by atoms with E-state index in [1.54, 1.807) is 0 Å². The lowest BCUT2D eigenvalue weighted by molar-refractivity contribution is -0.125. The molecule has 4 bridgehead atoms. The average molecular weight is 325 g/mol. The van der Waals surface area contributed by atoms with E-state index in [0.29, 0.717) is 0 Å². The van der Waals surface area contributed by atoms with Crippen LogP contribution in [0.3, 0.4) is 0 Å². The molecule has 0 heterocycles. The fourth-order valence-corrected chi connectivity index (χ4v) is 5.30. The predicted molar refractivity (Wildman–Crippen MR) is 78.5 cm³/mol. The van der Waals surface area contributed by atoms with Crippen LogP contribution >= 0.6 is 34.8 Å². The number of halogens is 3. The van der Waals surface area contributed by atoms with Crippen molar-refractivity contribution in [2.45, 2.75) is 55.3 Å². The first-order chi connectivity index (χ1) is 8.78. The van der Waals surface area contributed by atoms with E-state index >= 15 is 0 Å². The van der Waals surface area contributed by atoms with Crippen LogP contribution in [0.1, 0.15) is 45.4 Å². The van der Waals surface area contributed by atoms with Crippen molar-refractivity contribution in [3.63, 3.8) is 0 Å². The second-order valence-electron chi connectivity index (χ2n) is 6.97. The van der Waals surface area contributed by atoms with Crippen molar-refractivity contribution in [2.75, 3.05) is 0 Å². The van der Waals surface area contributed by atoms with Gasteiger partial charge in [0.15, 0.2) is 0 Å². The van der Waals surface area contributed by atoms with Gasteiger partial charge in [0, 0.05) is 6.04 Å². The Morgan fingerprint density at radius 1 is 1.11 bits per heavy atom. The van der Waals surface area contributed by atoms with Crippen LogP contribution in [0.5, 0.6) is 0 Å². The first-order valence-electron chi connectivity index (χ1n) is 7.16. The third-order valence-corrected chi connectivity index (χ3v) is 6.12. The summed E-state index contributed by atoms with van der Waals surface area (Å²) in [4.78, 5) is 11.9. The highest BCUT2D eigenvalue weighted by Crippen LogP contribution is 2.61. The molecule has 4 fully saturated rings. The summed E-state index contributed by atoms with van der Waals surface area (Å²) in [6.45, 7) is 2.08. The molecule has 0 aromatic carbocycles. The van der Waals surface area contributed by atoms with Crippen LogP contribution in [0.25, 0.3) is 0 Å². The molecule has 1 unspecified atom stereocenters.